The molecular formula is C18H26IN5S. The minimum Gasteiger partial charge on any atom is -0.357 e. The van der Waals surface area contributed by atoms with Crippen LogP contribution in [-0.4, -0.2) is 48.6 Å². The molecule has 3 rings (SSSR count). The molecule has 0 spiro atoms. The van der Waals surface area contributed by atoms with Crippen LogP contribution in [0.25, 0.3) is 0 Å². The van der Waals surface area contributed by atoms with Gasteiger partial charge in [0.15, 0.2) is 5.96 Å². The largest absolute Gasteiger partial charge is 0.357 e. The third kappa shape index (κ3) is 5.57. The van der Waals surface area contributed by atoms with Gasteiger partial charge in [0.25, 0.3) is 0 Å². The van der Waals surface area contributed by atoms with E-state index in [9.17, 15) is 0 Å². The van der Waals surface area contributed by atoms with Crippen LogP contribution in [0.2, 0.25) is 0 Å². The van der Waals surface area contributed by atoms with E-state index in [4.69, 9.17) is 4.99 Å². The van der Waals surface area contributed by atoms with E-state index in [-0.39, 0.29) is 24.0 Å². The maximum atomic E-state index is 4.83. The third-order valence-electron chi connectivity index (χ3n) is 4.07. The fraction of sp³-hybridized carbons (Fsp3) is 0.444. The Balaban J connectivity index is 0.00000225. The Morgan fingerprint density at radius 3 is 2.60 bits per heavy atom. The highest BCUT2D eigenvalue weighted by molar-refractivity contribution is 14.0. The first-order valence-corrected chi connectivity index (χ1v) is 9.32. The van der Waals surface area contributed by atoms with Crippen LogP contribution in [0.15, 0.2) is 41.5 Å². The molecule has 5 nitrogen and oxygen atoms in total. The second-order valence-corrected chi connectivity index (χ2v) is 7.22. The van der Waals surface area contributed by atoms with E-state index in [1.54, 1.807) is 0 Å². The zero-order chi connectivity index (χ0) is 16.8. The molecule has 1 aliphatic rings. The number of thiophene rings is 1. The van der Waals surface area contributed by atoms with E-state index in [0.29, 0.717) is 0 Å². The van der Waals surface area contributed by atoms with Crippen LogP contribution in [-0.2, 0) is 6.54 Å². The van der Waals surface area contributed by atoms with Gasteiger partial charge in [-0.05, 0) is 38.1 Å². The average Bonchev–Trinajstić information content (AvgIpc) is 3.05. The summed E-state index contributed by atoms with van der Waals surface area (Å²) in [5, 5.41) is 3.43. The van der Waals surface area contributed by atoms with Crippen molar-refractivity contribution in [3.8, 4) is 0 Å². The molecule has 1 aliphatic heterocycles. The molecular weight excluding hydrogens is 445 g/mol. The minimum atomic E-state index is 0. The number of guanidine groups is 1. The lowest BCUT2D eigenvalue weighted by Gasteiger charge is -2.37. The van der Waals surface area contributed by atoms with Gasteiger partial charge in [0, 0.05) is 48.7 Å². The summed E-state index contributed by atoms with van der Waals surface area (Å²) >= 11 is 1.82. The molecule has 2 aromatic rings. The summed E-state index contributed by atoms with van der Waals surface area (Å²) in [6.07, 6.45) is 1.86. The Kier molecular flexibility index (Phi) is 7.95. The number of hydrogen-bond acceptors (Lipinski definition) is 4. The highest BCUT2D eigenvalue weighted by Gasteiger charge is 2.20. The second-order valence-electron chi connectivity index (χ2n) is 5.84. The highest BCUT2D eigenvalue weighted by Crippen LogP contribution is 2.16. The first-order valence-electron chi connectivity index (χ1n) is 8.51. The number of aryl methyl sites for hydroxylation is 1. The van der Waals surface area contributed by atoms with Crippen molar-refractivity contribution < 1.29 is 0 Å². The number of nitrogens with one attached hydrogen (secondary N) is 1. The molecule has 136 valence electrons. The minimum absolute atomic E-state index is 0. The lowest BCUT2D eigenvalue weighted by Crippen LogP contribution is -2.52. The first kappa shape index (κ1) is 20.0. The van der Waals surface area contributed by atoms with Gasteiger partial charge < -0.3 is 15.1 Å². The van der Waals surface area contributed by atoms with Crippen LogP contribution in [0.5, 0.6) is 0 Å². The monoisotopic (exact) mass is 471 g/mol. The van der Waals surface area contributed by atoms with Gasteiger partial charge in [-0.25, -0.2) is 9.98 Å². The van der Waals surface area contributed by atoms with Gasteiger partial charge in [0.1, 0.15) is 5.82 Å². The van der Waals surface area contributed by atoms with Crippen LogP contribution in [0, 0.1) is 6.92 Å². The smallest absolute Gasteiger partial charge is 0.194 e. The van der Waals surface area contributed by atoms with E-state index < -0.39 is 0 Å². The molecule has 1 saturated heterocycles. The van der Waals surface area contributed by atoms with E-state index >= 15 is 0 Å². The average molecular weight is 471 g/mol. The SMILES string of the molecule is CCNC(=NCc1ccc(C)s1)N1CCN(c2ccccn2)CC1.I. The summed E-state index contributed by atoms with van der Waals surface area (Å²) in [5.41, 5.74) is 0. The van der Waals surface area contributed by atoms with Crippen molar-refractivity contribution in [1.29, 1.82) is 0 Å². The molecule has 3 heterocycles. The summed E-state index contributed by atoms with van der Waals surface area (Å²) in [6, 6.07) is 10.4. The summed E-state index contributed by atoms with van der Waals surface area (Å²) in [4.78, 5) is 16.6. The van der Waals surface area contributed by atoms with Crippen LogP contribution < -0.4 is 10.2 Å². The predicted molar refractivity (Wildman–Crippen MR) is 117 cm³/mol. The zero-order valence-electron chi connectivity index (χ0n) is 14.8. The van der Waals surface area contributed by atoms with Crippen LogP contribution >= 0.6 is 35.3 Å². The number of anilines is 1. The molecule has 0 radical (unpaired) electrons. The van der Waals surface area contributed by atoms with Crippen molar-refractivity contribution in [3.05, 3.63) is 46.3 Å². The quantitative estimate of drug-likeness (QED) is 0.422. The van der Waals surface area contributed by atoms with E-state index in [1.807, 2.05) is 29.7 Å². The fourth-order valence-electron chi connectivity index (χ4n) is 2.84. The molecule has 0 aromatic carbocycles. The van der Waals surface area contributed by atoms with Gasteiger partial charge in [-0.15, -0.1) is 35.3 Å². The molecule has 7 heteroatoms. The number of hydrogen-bond donors (Lipinski definition) is 1. The number of nitrogens with zero attached hydrogens (tertiary/aromatic N) is 4. The van der Waals surface area contributed by atoms with Crippen molar-refractivity contribution in [2.75, 3.05) is 37.6 Å². The Labute approximate surface area is 171 Å². The lowest BCUT2D eigenvalue weighted by molar-refractivity contribution is 0.371. The number of aromatic nitrogens is 1. The molecule has 25 heavy (non-hydrogen) atoms. The molecule has 1 N–H and O–H groups in total. The van der Waals surface area contributed by atoms with Gasteiger partial charge >= 0.3 is 0 Å². The van der Waals surface area contributed by atoms with Crippen LogP contribution in [0.1, 0.15) is 16.7 Å². The highest BCUT2D eigenvalue weighted by atomic mass is 127. The molecule has 0 atom stereocenters. The van der Waals surface area contributed by atoms with Crippen molar-refractivity contribution in [3.63, 3.8) is 0 Å². The van der Waals surface area contributed by atoms with E-state index in [0.717, 1.165) is 51.0 Å². The molecule has 0 aliphatic carbocycles. The lowest BCUT2D eigenvalue weighted by atomic mass is 10.3. The van der Waals surface area contributed by atoms with Gasteiger partial charge in [-0.1, -0.05) is 6.07 Å². The molecule has 0 bridgehead atoms. The van der Waals surface area contributed by atoms with Crippen LogP contribution in [0.3, 0.4) is 0 Å². The maximum absolute atomic E-state index is 4.83. The molecule has 0 saturated carbocycles. The predicted octanol–water partition coefficient (Wildman–Crippen LogP) is 3.36. The van der Waals surface area contributed by atoms with E-state index in [2.05, 4.69) is 52.1 Å². The molecule has 1 fully saturated rings. The van der Waals surface area contributed by atoms with Gasteiger partial charge in [0.05, 0.1) is 6.54 Å². The normalized spacial score (nSPS) is 15.0. The Morgan fingerprint density at radius 2 is 2.00 bits per heavy atom. The topological polar surface area (TPSA) is 43.8 Å². The van der Waals surface area contributed by atoms with Gasteiger partial charge in [-0.3, -0.25) is 0 Å². The van der Waals surface area contributed by atoms with Gasteiger partial charge in [-0.2, -0.15) is 0 Å². The number of aliphatic imine (C=N–C) groups is 1. The second kappa shape index (κ2) is 9.96. The summed E-state index contributed by atoms with van der Waals surface area (Å²) in [5.74, 6) is 2.08. The molecule has 2 aromatic heterocycles. The van der Waals surface area contributed by atoms with Crippen molar-refractivity contribution in [1.82, 2.24) is 15.2 Å². The molecule has 0 unspecified atom stereocenters. The summed E-state index contributed by atoms with van der Waals surface area (Å²) in [6.45, 7) is 9.77. The number of rotatable bonds is 4. The first-order chi connectivity index (χ1) is 11.8. The number of halogens is 1. The third-order valence-corrected chi connectivity index (χ3v) is 5.05. The van der Waals surface area contributed by atoms with Crippen molar-refractivity contribution in [2.45, 2.75) is 20.4 Å². The number of pyridine rings is 1. The summed E-state index contributed by atoms with van der Waals surface area (Å²) < 4.78 is 0. The molecule has 0 amide bonds. The number of piperazine rings is 1. The standard InChI is InChI=1S/C18H25N5S.HI/c1-3-19-18(21-14-16-8-7-15(2)24-16)23-12-10-22(11-13-23)17-6-4-5-9-20-17;/h4-9H,3,10-14H2,1-2H3,(H,19,21);1H. The maximum Gasteiger partial charge on any atom is 0.194 e. The zero-order valence-corrected chi connectivity index (χ0v) is 18.0. The van der Waals surface area contributed by atoms with E-state index in [1.165, 1.54) is 9.75 Å². The van der Waals surface area contributed by atoms with Crippen LogP contribution in [0.4, 0.5) is 5.82 Å². The Morgan fingerprint density at radius 1 is 1.20 bits per heavy atom. The van der Waals surface area contributed by atoms with Crippen molar-refractivity contribution in [2.24, 2.45) is 4.99 Å². The van der Waals surface area contributed by atoms with Crippen molar-refractivity contribution >= 4 is 47.1 Å². The Hall–Kier alpha value is -1.35. The fourth-order valence-corrected chi connectivity index (χ4v) is 3.65. The Bertz CT molecular complexity index is 665. The summed E-state index contributed by atoms with van der Waals surface area (Å²) in [7, 11) is 0. The van der Waals surface area contributed by atoms with Gasteiger partial charge in [0.2, 0.25) is 0 Å².